The molecule has 1 unspecified atom stereocenters. The second-order valence-corrected chi connectivity index (χ2v) is 7.54. The van der Waals surface area contributed by atoms with Crippen LogP contribution < -0.4 is 10.6 Å². The molecule has 2 aromatic heterocycles. The van der Waals surface area contributed by atoms with Crippen molar-refractivity contribution >= 4 is 35.6 Å². The number of halogens is 1. The molecule has 4 rings (SSSR count). The highest BCUT2D eigenvalue weighted by atomic mass is 127. The summed E-state index contributed by atoms with van der Waals surface area (Å²) in [7, 11) is 1.80. The molecule has 160 valence electrons. The number of pyridine rings is 1. The first kappa shape index (κ1) is 22.5. The Balaban J connectivity index is 0.00000256. The second kappa shape index (κ2) is 11.3. The number of rotatable bonds is 7. The average Bonchev–Trinajstić information content (AvgIpc) is 3.40. The SMILES string of the molecule is CN=C(NCc1nnc2ccccn12)NCC1CCN(CCc2ccccc2)C1.I. The molecular weight excluding hydrogens is 489 g/mol. The zero-order valence-corrected chi connectivity index (χ0v) is 19.7. The molecule has 0 radical (unpaired) electrons. The molecule has 3 heterocycles. The number of nitrogens with zero attached hydrogens (tertiary/aromatic N) is 5. The zero-order chi connectivity index (χ0) is 19.9. The summed E-state index contributed by atoms with van der Waals surface area (Å²) in [5, 5.41) is 15.3. The first-order chi connectivity index (χ1) is 14.3. The van der Waals surface area contributed by atoms with E-state index in [1.54, 1.807) is 7.05 Å². The van der Waals surface area contributed by atoms with Crippen LogP contribution in [0.1, 0.15) is 17.8 Å². The molecule has 1 fully saturated rings. The number of nitrogens with one attached hydrogen (secondary N) is 2. The molecular formula is C22H30IN7. The molecule has 30 heavy (non-hydrogen) atoms. The summed E-state index contributed by atoms with van der Waals surface area (Å²) in [6, 6.07) is 16.6. The van der Waals surface area contributed by atoms with Gasteiger partial charge in [0.2, 0.25) is 0 Å². The number of guanidine groups is 1. The Morgan fingerprint density at radius 1 is 1.10 bits per heavy atom. The lowest BCUT2D eigenvalue weighted by Crippen LogP contribution is -2.40. The van der Waals surface area contributed by atoms with Crippen molar-refractivity contribution < 1.29 is 0 Å². The van der Waals surface area contributed by atoms with Crippen LogP contribution in [-0.2, 0) is 13.0 Å². The molecule has 0 saturated carbocycles. The Morgan fingerprint density at radius 2 is 1.93 bits per heavy atom. The van der Waals surface area contributed by atoms with E-state index < -0.39 is 0 Å². The molecule has 1 saturated heterocycles. The molecule has 1 aliphatic heterocycles. The fraction of sp³-hybridized carbons (Fsp3) is 0.409. The normalized spacial score (nSPS) is 17.1. The third-order valence-electron chi connectivity index (χ3n) is 5.51. The van der Waals surface area contributed by atoms with Crippen molar-refractivity contribution in [1.29, 1.82) is 0 Å². The number of aromatic nitrogens is 3. The molecule has 2 N–H and O–H groups in total. The van der Waals surface area contributed by atoms with Gasteiger partial charge in [-0.3, -0.25) is 9.39 Å². The number of aliphatic imine (C=N–C) groups is 1. The highest BCUT2D eigenvalue weighted by Crippen LogP contribution is 2.16. The summed E-state index contributed by atoms with van der Waals surface area (Å²) in [6.45, 7) is 4.97. The summed E-state index contributed by atoms with van der Waals surface area (Å²) in [5.41, 5.74) is 2.27. The minimum atomic E-state index is 0. The van der Waals surface area contributed by atoms with Gasteiger partial charge in [0.1, 0.15) is 0 Å². The lowest BCUT2D eigenvalue weighted by molar-refractivity contribution is 0.328. The summed E-state index contributed by atoms with van der Waals surface area (Å²) in [5.74, 6) is 2.33. The predicted octanol–water partition coefficient (Wildman–Crippen LogP) is 2.58. The van der Waals surface area contributed by atoms with Gasteiger partial charge in [-0.05, 0) is 43.0 Å². The molecule has 1 aromatic carbocycles. The van der Waals surface area contributed by atoms with Gasteiger partial charge in [-0.15, -0.1) is 34.2 Å². The van der Waals surface area contributed by atoms with E-state index in [2.05, 4.69) is 61.1 Å². The van der Waals surface area contributed by atoms with Crippen molar-refractivity contribution in [2.75, 3.05) is 33.2 Å². The lowest BCUT2D eigenvalue weighted by Gasteiger charge is -2.17. The number of hydrogen-bond acceptors (Lipinski definition) is 4. The van der Waals surface area contributed by atoms with Crippen molar-refractivity contribution in [3.8, 4) is 0 Å². The summed E-state index contributed by atoms with van der Waals surface area (Å²) in [4.78, 5) is 6.91. The lowest BCUT2D eigenvalue weighted by atomic mass is 10.1. The summed E-state index contributed by atoms with van der Waals surface area (Å²) >= 11 is 0. The van der Waals surface area contributed by atoms with E-state index in [-0.39, 0.29) is 24.0 Å². The molecule has 8 heteroatoms. The number of fused-ring (bicyclic) bond motifs is 1. The van der Waals surface area contributed by atoms with E-state index in [9.17, 15) is 0 Å². The Hall–Kier alpha value is -2.20. The minimum Gasteiger partial charge on any atom is -0.356 e. The van der Waals surface area contributed by atoms with Crippen LogP contribution in [0.25, 0.3) is 5.65 Å². The van der Waals surface area contributed by atoms with E-state index in [0.717, 1.165) is 43.5 Å². The maximum atomic E-state index is 4.35. The summed E-state index contributed by atoms with van der Waals surface area (Å²) in [6.07, 6.45) is 4.33. The molecule has 3 aromatic rings. The molecule has 1 atom stereocenters. The van der Waals surface area contributed by atoms with Crippen molar-refractivity contribution in [2.45, 2.75) is 19.4 Å². The Labute approximate surface area is 195 Å². The van der Waals surface area contributed by atoms with Gasteiger partial charge in [-0.1, -0.05) is 36.4 Å². The van der Waals surface area contributed by atoms with Crippen molar-refractivity contribution in [3.63, 3.8) is 0 Å². The van der Waals surface area contributed by atoms with E-state index in [1.807, 2.05) is 28.8 Å². The second-order valence-electron chi connectivity index (χ2n) is 7.54. The number of benzene rings is 1. The van der Waals surface area contributed by atoms with Gasteiger partial charge in [0.05, 0.1) is 6.54 Å². The number of likely N-dealkylation sites (tertiary alicyclic amines) is 1. The van der Waals surface area contributed by atoms with E-state index >= 15 is 0 Å². The monoisotopic (exact) mass is 519 g/mol. The standard InChI is InChI=1S/C22H29N7.HI/c1-23-22(25-16-21-27-26-20-9-5-6-12-29(20)21)24-15-19-11-14-28(17-19)13-10-18-7-3-2-4-8-18;/h2-9,12,19H,10-11,13-17H2,1H3,(H2,23,24,25);1H. The molecule has 0 spiro atoms. The predicted molar refractivity (Wildman–Crippen MR) is 131 cm³/mol. The Morgan fingerprint density at radius 3 is 2.77 bits per heavy atom. The minimum absolute atomic E-state index is 0. The van der Waals surface area contributed by atoms with Gasteiger partial charge in [-0.2, -0.15) is 0 Å². The van der Waals surface area contributed by atoms with Gasteiger partial charge in [-0.25, -0.2) is 0 Å². The van der Waals surface area contributed by atoms with Gasteiger partial charge >= 0.3 is 0 Å². The van der Waals surface area contributed by atoms with Crippen LogP contribution in [0.3, 0.4) is 0 Å². The molecule has 0 bridgehead atoms. The van der Waals surface area contributed by atoms with Gasteiger partial charge < -0.3 is 15.5 Å². The largest absolute Gasteiger partial charge is 0.356 e. The van der Waals surface area contributed by atoms with Crippen LogP contribution in [0.2, 0.25) is 0 Å². The van der Waals surface area contributed by atoms with Crippen LogP contribution in [0.15, 0.2) is 59.7 Å². The van der Waals surface area contributed by atoms with Crippen LogP contribution in [0, 0.1) is 5.92 Å². The van der Waals surface area contributed by atoms with E-state index in [1.165, 1.54) is 18.5 Å². The smallest absolute Gasteiger partial charge is 0.191 e. The Kier molecular flexibility index (Phi) is 8.44. The highest BCUT2D eigenvalue weighted by molar-refractivity contribution is 14.0. The first-order valence-electron chi connectivity index (χ1n) is 10.3. The first-order valence-corrected chi connectivity index (χ1v) is 10.3. The van der Waals surface area contributed by atoms with Gasteiger partial charge in [0.15, 0.2) is 17.4 Å². The average molecular weight is 519 g/mol. The van der Waals surface area contributed by atoms with Crippen LogP contribution >= 0.6 is 24.0 Å². The van der Waals surface area contributed by atoms with E-state index in [0.29, 0.717) is 12.5 Å². The third kappa shape index (κ3) is 5.91. The van der Waals surface area contributed by atoms with Crippen LogP contribution in [0.4, 0.5) is 0 Å². The fourth-order valence-corrected chi connectivity index (χ4v) is 3.85. The van der Waals surface area contributed by atoms with Gasteiger partial charge in [0, 0.05) is 32.9 Å². The summed E-state index contributed by atoms with van der Waals surface area (Å²) < 4.78 is 1.99. The maximum absolute atomic E-state index is 4.35. The number of hydrogen-bond donors (Lipinski definition) is 2. The van der Waals surface area contributed by atoms with Crippen molar-refractivity contribution in [1.82, 2.24) is 30.1 Å². The third-order valence-corrected chi connectivity index (χ3v) is 5.51. The van der Waals surface area contributed by atoms with Crippen LogP contribution in [-0.4, -0.2) is 58.7 Å². The molecule has 1 aliphatic rings. The van der Waals surface area contributed by atoms with E-state index in [4.69, 9.17) is 0 Å². The quantitative estimate of drug-likeness (QED) is 0.286. The maximum Gasteiger partial charge on any atom is 0.191 e. The van der Waals surface area contributed by atoms with Gasteiger partial charge in [0.25, 0.3) is 0 Å². The van der Waals surface area contributed by atoms with Crippen LogP contribution in [0.5, 0.6) is 0 Å². The Bertz CT molecular complexity index is 941. The highest BCUT2D eigenvalue weighted by Gasteiger charge is 2.22. The molecule has 0 aliphatic carbocycles. The topological polar surface area (TPSA) is 69.8 Å². The molecule has 0 amide bonds. The molecule has 7 nitrogen and oxygen atoms in total. The zero-order valence-electron chi connectivity index (χ0n) is 17.4. The van der Waals surface area contributed by atoms with Crippen molar-refractivity contribution in [3.05, 3.63) is 66.1 Å². The van der Waals surface area contributed by atoms with Crippen molar-refractivity contribution in [2.24, 2.45) is 10.9 Å². The fourth-order valence-electron chi connectivity index (χ4n) is 3.85.